The topological polar surface area (TPSA) is 98.0 Å². The number of thiophene rings is 1. The largest absolute Gasteiger partial charge is 0.325 e. The monoisotopic (exact) mass is 386 g/mol. The van der Waals surface area contributed by atoms with Crippen LogP contribution in [0.25, 0.3) is 10.2 Å². The van der Waals surface area contributed by atoms with Gasteiger partial charge < -0.3 is 5.32 Å². The molecule has 0 atom stereocenters. The van der Waals surface area contributed by atoms with Crippen molar-refractivity contribution in [3.05, 3.63) is 51.1 Å². The van der Waals surface area contributed by atoms with Crippen molar-refractivity contribution in [1.29, 1.82) is 0 Å². The number of anilines is 1. The number of nitro benzene ring substituents is 1. The van der Waals surface area contributed by atoms with Gasteiger partial charge in [-0.2, -0.15) is 0 Å². The predicted octanol–water partition coefficient (Wildman–Crippen LogP) is 3.82. The molecule has 0 fully saturated rings. The first kappa shape index (κ1) is 16.9. The molecule has 0 saturated carbocycles. The van der Waals surface area contributed by atoms with Gasteiger partial charge in [-0.15, -0.1) is 11.3 Å². The lowest BCUT2D eigenvalue weighted by atomic mass is 10.2. The fourth-order valence-corrected chi connectivity index (χ4v) is 5.16. The number of hydrogen-bond acceptors (Lipinski definition) is 7. The van der Waals surface area contributed by atoms with E-state index in [1.807, 2.05) is 0 Å². The predicted molar refractivity (Wildman–Crippen MR) is 102 cm³/mol. The van der Waals surface area contributed by atoms with Crippen LogP contribution in [0, 0.1) is 10.1 Å². The third-order valence-electron chi connectivity index (χ3n) is 4.15. The van der Waals surface area contributed by atoms with E-state index < -0.39 is 4.92 Å². The zero-order valence-corrected chi connectivity index (χ0v) is 15.2. The number of aryl methyl sites for hydroxylation is 2. The number of carbonyl (C=O) groups excluding carboxylic acids is 1. The molecule has 1 aliphatic carbocycles. The van der Waals surface area contributed by atoms with E-state index in [9.17, 15) is 14.9 Å². The van der Waals surface area contributed by atoms with Crippen molar-refractivity contribution in [1.82, 2.24) is 9.97 Å². The number of carbonyl (C=O) groups is 1. The minimum absolute atomic E-state index is 0.0539. The highest BCUT2D eigenvalue weighted by molar-refractivity contribution is 8.00. The van der Waals surface area contributed by atoms with E-state index in [1.54, 1.807) is 23.5 Å². The fourth-order valence-electron chi connectivity index (χ4n) is 3.04. The van der Waals surface area contributed by atoms with Gasteiger partial charge in [-0.1, -0.05) is 17.8 Å². The van der Waals surface area contributed by atoms with Gasteiger partial charge in [-0.25, -0.2) is 9.97 Å². The highest BCUT2D eigenvalue weighted by Gasteiger charge is 2.21. The van der Waals surface area contributed by atoms with E-state index in [-0.39, 0.29) is 17.3 Å². The van der Waals surface area contributed by atoms with Crippen LogP contribution in [0.5, 0.6) is 0 Å². The van der Waals surface area contributed by atoms with Gasteiger partial charge in [-0.3, -0.25) is 14.9 Å². The lowest BCUT2D eigenvalue weighted by molar-refractivity contribution is -0.384. The summed E-state index contributed by atoms with van der Waals surface area (Å²) in [5, 5.41) is 15.4. The summed E-state index contributed by atoms with van der Waals surface area (Å²) in [4.78, 5) is 33.6. The molecule has 9 heteroatoms. The minimum Gasteiger partial charge on any atom is -0.325 e. The Morgan fingerprint density at radius 1 is 1.35 bits per heavy atom. The number of nitrogens with one attached hydrogen (secondary N) is 1. The maximum absolute atomic E-state index is 12.2. The van der Waals surface area contributed by atoms with Crippen molar-refractivity contribution in [3.63, 3.8) is 0 Å². The summed E-state index contributed by atoms with van der Waals surface area (Å²) >= 11 is 3.08. The number of rotatable bonds is 5. The molecule has 0 radical (unpaired) electrons. The van der Waals surface area contributed by atoms with Crippen molar-refractivity contribution in [2.24, 2.45) is 0 Å². The number of nitro groups is 1. The highest BCUT2D eigenvalue weighted by atomic mass is 32.2. The second-order valence-corrected chi connectivity index (χ2v) is 7.91. The summed E-state index contributed by atoms with van der Waals surface area (Å²) in [5.41, 5.74) is 1.68. The Morgan fingerprint density at radius 2 is 2.23 bits per heavy atom. The van der Waals surface area contributed by atoms with Crippen LogP contribution in [0.4, 0.5) is 11.4 Å². The average molecular weight is 386 g/mol. The molecule has 132 valence electrons. The number of aromatic nitrogens is 2. The molecule has 1 N–H and O–H groups in total. The number of hydrogen-bond donors (Lipinski definition) is 1. The molecule has 4 rings (SSSR count). The van der Waals surface area contributed by atoms with Gasteiger partial charge in [0.2, 0.25) is 5.91 Å². The number of thioether (sulfide) groups is 1. The van der Waals surface area contributed by atoms with E-state index in [0.717, 1.165) is 34.5 Å². The summed E-state index contributed by atoms with van der Waals surface area (Å²) in [7, 11) is 0. The van der Waals surface area contributed by atoms with Gasteiger partial charge >= 0.3 is 0 Å². The molecule has 0 bridgehead atoms. The molecule has 2 heterocycles. The van der Waals surface area contributed by atoms with Gasteiger partial charge in [0.25, 0.3) is 5.69 Å². The average Bonchev–Trinajstić information content (AvgIpc) is 3.21. The van der Waals surface area contributed by atoms with E-state index in [1.165, 1.54) is 40.7 Å². The SMILES string of the molecule is O=C(CSc1ncnc2sc3c(c12)CCC3)Nc1cccc([N+](=O)[O-])c1. The standard InChI is InChI=1S/C17H14N4O3S2/c22-14(20-10-3-1-4-11(7-10)21(23)24)8-25-16-15-12-5-2-6-13(12)26-17(15)19-9-18-16/h1,3-4,7,9H,2,5-6,8H2,(H,20,22). The van der Waals surface area contributed by atoms with E-state index in [4.69, 9.17) is 0 Å². The van der Waals surface area contributed by atoms with Gasteiger partial charge in [-0.05, 0) is 30.9 Å². The number of nitrogens with zero attached hydrogens (tertiary/aromatic N) is 3. The van der Waals surface area contributed by atoms with Gasteiger partial charge in [0.15, 0.2) is 0 Å². The molecule has 0 aliphatic heterocycles. The molecule has 3 aromatic rings. The third-order valence-corrected chi connectivity index (χ3v) is 6.34. The molecular weight excluding hydrogens is 372 g/mol. The highest BCUT2D eigenvalue weighted by Crippen LogP contribution is 2.39. The van der Waals surface area contributed by atoms with Crippen molar-refractivity contribution >= 4 is 50.6 Å². The third kappa shape index (κ3) is 3.27. The first-order valence-electron chi connectivity index (χ1n) is 8.04. The van der Waals surface area contributed by atoms with E-state index in [0.29, 0.717) is 5.69 Å². The second kappa shape index (κ2) is 7.00. The maximum Gasteiger partial charge on any atom is 0.271 e. The van der Waals surface area contributed by atoms with Crippen molar-refractivity contribution < 1.29 is 9.72 Å². The van der Waals surface area contributed by atoms with Crippen LogP contribution >= 0.6 is 23.1 Å². The Balaban J connectivity index is 1.48. The molecule has 2 aromatic heterocycles. The number of fused-ring (bicyclic) bond motifs is 3. The Morgan fingerprint density at radius 3 is 3.08 bits per heavy atom. The molecule has 1 aromatic carbocycles. The zero-order chi connectivity index (χ0) is 18.1. The molecule has 0 spiro atoms. The first-order valence-corrected chi connectivity index (χ1v) is 9.84. The molecule has 0 unspecified atom stereocenters. The van der Waals surface area contributed by atoms with Crippen LogP contribution in [0.1, 0.15) is 16.9 Å². The van der Waals surface area contributed by atoms with Gasteiger partial charge in [0.1, 0.15) is 16.2 Å². The quantitative estimate of drug-likeness (QED) is 0.310. The maximum atomic E-state index is 12.2. The van der Waals surface area contributed by atoms with Crippen LogP contribution in [-0.4, -0.2) is 26.6 Å². The summed E-state index contributed by atoms with van der Waals surface area (Å²) in [5.74, 6) is -0.0477. The Hall–Kier alpha value is -2.52. The Labute approximate surface area is 157 Å². The number of amides is 1. The van der Waals surface area contributed by atoms with Gasteiger partial charge in [0, 0.05) is 28.1 Å². The summed E-state index contributed by atoms with van der Waals surface area (Å²) < 4.78 is 0. The zero-order valence-electron chi connectivity index (χ0n) is 13.6. The van der Waals surface area contributed by atoms with Crippen LogP contribution in [0.3, 0.4) is 0 Å². The molecule has 0 saturated heterocycles. The normalized spacial score (nSPS) is 12.9. The first-order chi connectivity index (χ1) is 12.6. The summed E-state index contributed by atoms with van der Waals surface area (Å²) in [6.07, 6.45) is 4.82. The van der Waals surface area contributed by atoms with Crippen LogP contribution < -0.4 is 5.32 Å². The minimum atomic E-state index is -0.487. The lowest BCUT2D eigenvalue weighted by Gasteiger charge is -2.06. The van der Waals surface area contributed by atoms with Gasteiger partial charge in [0.05, 0.1) is 10.7 Å². The number of non-ortho nitro benzene ring substituents is 1. The Bertz CT molecular complexity index is 1020. The number of benzene rings is 1. The summed E-state index contributed by atoms with van der Waals surface area (Å²) in [6, 6.07) is 5.91. The second-order valence-electron chi connectivity index (χ2n) is 5.86. The van der Waals surface area contributed by atoms with Crippen molar-refractivity contribution in [2.45, 2.75) is 24.3 Å². The van der Waals surface area contributed by atoms with Crippen LogP contribution in [0.2, 0.25) is 0 Å². The molecule has 7 nitrogen and oxygen atoms in total. The molecule has 1 aliphatic rings. The van der Waals surface area contributed by atoms with E-state index >= 15 is 0 Å². The van der Waals surface area contributed by atoms with Crippen LogP contribution in [-0.2, 0) is 17.6 Å². The molecular formula is C17H14N4O3S2. The van der Waals surface area contributed by atoms with Crippen LogP contribution in [0.15, 0.2) is 35.6 Å². The lowest BCUT2D eigenvalue weighted by Crippen LogP contribution is -2.14. The van der Waals surface area contributed by atoms with E-state index in [2.05, 4.69) is 15.3 Å². The smallest absolute Gasteiger partial charge is 0.271 e. The summed E-state index contributed by atoms with van der Waals surface area (Å²) in [6.45, 7) is 0. The van der Waals surface area contributed by atoms with Crippen molar-refractivity contribution in [2.75, 3.05) is 11.1 Å². The molecule has 26 heavy (non-hydrogen) atoms. The fraction of sp³-hybridized carbons (Fsp3) is 0.235. The Kier molecular flexibility index (Phi) is 4.56. The molecule has 1 amide bonds. The van der Waals surface area contributed by atoms with Crippen molar-refractivity contribution in [3.8, 4) is 0 Å².